The van der Waals surface area contributed by atoms with Crippen LogP contribution in [0.15, 0.2) is 47.4 Å². The van der Waals surface area contributed by atoms with Crippen LogP contribution in [0.25, 0.3) is 0 Å². The van der Waals surface area contributed by atoms with E-state index in [0.717, 1.165) is 5.56 Å². The van der Waals surface area contributed by atoms with Crippen LogP contribution in [0.1, 0.15) is 21.5 Å². The van der Waals surface area contributed by atoms with Gasteiger partial charge in [0.25, 0.3) is 0 Å². The van der Waals surface area contributed by atoms with E-state index in [1.165, 1.54) is 36.7 Å². The van der Waals surface area contributed by atoms with Gasteiger partial charge >= 0.3 is 5.97 Å². The number of aryl methyl sites for hydroxylation is 2. The molecule has 140 valence electrons. The number of rotatable bonds is 7. The molecule has 7 heteroatoms. The molecule has 0 bridgehead atoms. The highest BCUT2D eigenvalue weighted by atomic mass is 32.2. The molecule has 0 aliphatic carbocycles. The Balaban J connectivity index is 2.07. The molecule has 0 aliphatic heterocycles. The smallest absolute Gasteiger partial charge is 0.337 e. The fourth-order valence-corrected chi connectivity index (χ4v) is 3.83. The molecule has 0 fully saturated rings. The maximum Gasteiger partial charge on any atom is 0.337 e. The maximum absolute atomic E-state index is 12.8. The summed E-state index contributed by atoms with van der Waals surface area (Å²) >= 11 is 0. The second-order valence-corrected chi connectivity index (χ2v) is 7.98. The van der Waals surface area contributed by atoms with Gasteiger partial charge in [-0.15, -0.1) is 0 Å². The van der Waals surface area contributed by atoms with Crippen LogP contribution in [0.5, 0.6) is 5.75 Å². The van der Waals surface area contributed by atoms with E-state index in [2.05, 4.69) is 4.74 Å². The van der Waals surface area contributed by atoms with Crippen LogP contribution in [-0.4, -0.2) is 46.0 Å². The van der Waals surface area contributed by atoms with E-state index >= 15 is 0 Å². The minimum Gasteiger partial charge on any atom is -0.492 e. The molecule has 2 rings (SSSR count). The van der Waals surface area contributed by atoms with Crippen molar-refractivity contribution in [1.82, 2.24) is 4.31 Å². The Kier molecular flexibility index (Phi) is 6.39. The van der Waals surface area contributed by atoms with Gasteiger partial charge in [0.2, 0.25) is 10.0 Å². The lowest BCUT2D eigenvalue weighted by atomic mass is 10.1. The van der Waals surface area contributed by atoms with Gasteiger partial charge in [-0.1, -0.05) is 12.1 Å². The fourth-order valence-electron chi connectivity index (χ4n) is 2.47. The molecule has 0 aromatic heterocycles. The first-order chi connectivity index (χ1) is 12.3. The number of carbonyl (C=O) groups excluding carboxylic acids is 1. The lowest BCUT2D eigenvalue weighted by Crippen LogP contribution is -2.31. The van der Waals surface area contributed by atoms with Crippen LogP contribution in [0.2, 0.25) is 0 Å². The molecule has 0 saturated heterocycles. The second kappa shape index (κ2) is 8.33. The summed E-state index contributed by atoms with van der Waals surface area (Å²) in [5.74, 6) is 0.200. The molecule has 0 heterocycles. The van der Waals surface area contributed by atoms with E-state index in [1.54, 1.807) is 6.92 Å². The highest BCUT2D eigenvalue weighted by Gasteiger charge is 2.23. The SMILES string of the molecule is COC(=O)c1ccc(S(=O)(=O)N(C)CCOc2cccc(C)c2)c(C)c1. The van der Waals surface area contributed by atoms with Crippen LogP contribution in [0.3, 0.4) is 0 Å². The number of hydrogen-bond acceptors (Lipinski definition) is 5. The van der Waals surface area contributed by atoms with Crippen molar-refractivity contribution in [3.05, 3.63) is 59.2 Å². The molecule has 0 N–H and O–H groups in total. The summed E-state index contributed by atoms with van der Waals surface area (Å²) in [4.78, 5) is 11.7. The highest BCUT2D eigenvalue weighted by molar-refractivity contribution is 7.89. The third-order valence-electron chi connectivity index (χ3n) is 3.95. The molecular formula is C19H23NO5S. The Morgan fingerprint density at radius 3 is 2.46 bits per heavy atom. The zero-order valence-corrected chi connectivity index (χ0v) is 16.2. The first-order valence-corrected chi connectivity index (χ1v) is 9.54. The van der Waals surface area contributed by atoms with Crippen molar-refractivity contribution in [1.29, 1.82) is 0 Å². The molecule has 2 aromatic carbocycles. The van der Waals surface area contributed by atoms with E-state index in [4.69, 9.17) is 4.74 Å². The summed E-state index contributed by atoms with van der Waals surface area (Å²) in [7, 11) is -0.896. The number of ether oxygens (including phenoxy) is 2. The van der Waals surface area contributed by atoms with E-state index in [9.17, 15) is 13.2 Å². The van der Waals surface area contributed by atoms with Gasteiger partial charge in [-0.2, -0.15) is 4.31 Å². The Bertz CT molecular complexity index is 893. The summed E-state index contributed by atoms with van der Waals surface area (Å²) in [6.07, 6.45) is 0. The van der Waals surface area contributed by atoms with Crippen molar-refractivity contribution < 1.29 is 22.7 Å². The van der Waals surface area contributed by atoms with E-state index in [0.29, 0.717) is 16.9 Å². The summed E-state index contributed by atoms with van der Waals surface area (Å²) in [5, 5.41) is 0. The summed E-state index contributed by atoms with van der Waals surface area (Å²) in [5.41, 5.74) is 1.87. The number of sulfonamides is 1. The van der Waals surface area contributed by atoms with Gasteiger partial charge in [0, 0.05) is 13.6 Å². The first-order valence-electron chi connectivity index (χ1n) is 8.10. The predicted molar refractivity (Wildman–Crippen MR) is 99.0 cm³/mol. The van der Waals surface area contributed by atoms with Crippen LogP contribution in [0.4, 0.5) is 0 Å². The molecule has 26 heavy (non-hydrogen) atoms. The number of esters is 1. The van der Waals surface area contributed by atoms with E-state index in [1.807, 2.05) is 31.2 Å². The van der Waals surface area contributed by atoms with Gasteiger partial charge in [-0.3, -0.25) is 0 Å². The molecule has 0 radical (unpaired) electrons. The normalized spacial score (nSPS) is 11.4. The molecular weight excluding hydrogens is 354 g/mol. The van der Waals surface area contributed by atoms with Crippen molar-refractivity contribution >= 4 is 16.0 Å². The molecule has 0 spiro atoms. The quantitative estimate of drug-likeness (QED) is 0.694. The number of nitrogens with zero attached hydrogens (tertiary/aromatic N) is 1. The average molecular weight is 377 g/mol. The minimum absolute atomic E-state index is 0.156. The van der Waals surface area contributed by atoms with Crippen LogP contribution < -0.4 is 4.74 Å². The molecule has 0 atom stereocenters. The van der Waals surface area contributed by atoms with E-state index < -0.39 is 16.0 Å². The average Bonchev–Trinajstić information content (AvgIpc) is 2.60. The Morgan fingerprint density at radius 2 is 1.85 bits per heavy atom. The zero-order chi connectivity index (χ0) is 19.3. The number of methoxy groups -OCH3 is 1. The number of likely N-dealkylation sites (N-methyl/N-ethyl adjacent to an activating group) is 1. The number of carbonyl (C=O) groups is 1. The Labute approximate surface area is 154 Å². The van der Waals surface area contributed by atoms with Gasteiger partial charge in [0.15, 0.2) is 0 Å². The number of hydrogen-bond donors (Lipinski definition) is 0. The van der Waals surface area contributed by atoms with Gasteiger partial charge in [0.05, 0.1) is 17.6 Å². The van der Waals surface area contributed by atoms with Gasteiger partial charge in [-0.05, 0) is 55.3 Å². The lowest BCUT2D eigenvalue weighted by Gasteiger charge is -2.19. The van der Waals surface area contributed by atoms with Gasteiger partial charge < -0.3 is 9.47 Å². The topological polar surface area (TPSA) is 72.9 Å². The third kappa shape index (κ3) is 4.62. The van der Waals surface area contributed by atoms with Crippen molar-refractivity contribution in [2.45, 2.75) is 18.7 Å². The Morgan fingerprint density at radius 1 is 1.12 bits per heavy atom. The maximum atomic E-state index is 12.8. The molecule has 6 nitrogen and oxygen atoms in total. The van der Waals surface area contributed by atoms with E-state index in [-0.39, 0.29) is 18.0 Å². The number of benzene rings is 2. The van der Waals surface area contributed by atoms with Crippen molar-refractivity contribution in [3.63, 3.8) is 0 Å². The van der Waals surface area contributed by atoms with Crippen LogP contribution in [-0.2, 0) is 14.8 Å². The van der Waals surface area contributed by atoms with Crippen molar-refractivity contribution in [3.8, 4) is 5.75 Å². The highest BCUT2D eigenvalue weighted by Crippen LogP contribution is 2.21. The fraction of sp³-hybridized carbons (Fsp3) is 0.316. The molecule has 0 aliphatic rings. The largest absolute Gasteiger partial charge is 0.492 e. The monoisotopic (exact) mass is 377 g/mol. The van der Waals surface area contributed by atoms with Gasteiger partial charge in [-0.25, -0.2) is 13.2 Å². The molecule has 0 amide bonds. The summed E-state index contributed by atoms with van der Waals surface area (Å²) in [6, 6.07) is 12.0. The molecule has 0 saturated carbocycles. The standard InChI is InChI=1S/C19H23NO5S/c1-14-6-5-7-17(12-14)25-11-10-20(3)26(22,23)18-9-8-16(13-15(18)2)19(21)24-4/h5-9,12-13H,10-11H2,1-4H3. The zero-order valence-electron chi connectivity index (χ0n) is 15.4. The Hall–Kier alpha value is -2.38. The van der Waals surface area contributed by atoms with Gasteiger partial charge in [0.1, 0.15) is 12.4 Å². The van der Waals surface area contributed by atoms with Crippen molar-refractivity contribution in [2.75, 3.05) is 27.3 Å². The van der Waals surface area contributed by atoms with Crippen molar-refractivity contribution in [2.24, 2.45) is 0 Å². The minimum atomic E-state index is -3.68. The molecule has 0 unspecified atom stereocenters. The second-order valence-electron chi connectivity index (χ2n) is 5.96. The lowest BCUT2D eigenvalue weighted by molar-refractivity contribution is 0.0600. The third-order valence-corrected chi connectivity index (χ3v) is 5.97. The first kappa shape index (κ1) is 19.9. The summed E-state index contributed by atoms with van der Waals surface area (Å²) < 4.78 is 37.0. The molecule has 2 aromatic rings. The summed E-state index contributed by atoms with van der Waals surface area (Å²) in [6.45, 7) is 4.05. The van der Waals surface area contributed by atoms with Crippen LogP contribution in [0, 0.1) is 13.8 Å². The predicted octanol–water partition coefficient (Wildman–Crippen LogP) is 2.79. The van der Waals surface area contributed by atoms with Crippen LogP contribution >= 0.6 is 0 Å².